The average molecular weight is 368 g/mol. The number of aromatic nitrogens is 1. The van der Waals surface area contributed by atoms with Gasteiger partial charge >= 0.3 is 0 Å². The predicted octanol–water partition coefficient (Wildman–Crippen LogP) is 4.88. The Kier molecular flexibility index (Phi) is 5.14. The average Bonchev–Trinajstić information content (AvgIpc) is 2.75. The van der Waals surface area contributed by atoms with Gasteiger partial charge in [-0.05, 0) is 49.4 Å². The Morgan fingerprint density at radius 2 is 1.04 bits per heavy atom. The molecule has 0 fully saturated rings. The standard InChI is InChI=1S/C25H23NP/c1-21-17-18-22(19-26-21)20-27(23-11-5-2-6-12-23,24-13-7-3-8-14-24)25-15-9-4-10-16-25/h2-19H,20H2,1H3/q+1. The van der Waals surface area contributed by atoms with E-state index in [0.717, 1.165) is 11.9 Å². The van der Waals surface area contributed by atoms with Gasteiger partial charge in [0.05, 0.1) is 6.16 Å². The lowest BCUT2D eigenvalue weighted by molar-refractivity contribution is 1.16. The molecule has 1 aromatic heterocycles. The second kappa shape index (κ2) is 7.86. The highest BCUT2D eigenvalue weighted by Gasteiger charge is 2.45. The van der Waals surface area contributed by atoms with Crippen molar-refractivity contribution in [3.8, 4) is 0 Å². The molecule has 0 radical (unpaired) electrons. The molecule has 27 heavy (non-hydrogen) atoms. The topological polar surface area (TPSA) is 12.9 Å². The minimum atomic E-state index is -1.83. The van der Waals surface area contributed by atoms with Crippen LogP contribution in [0.25, 0.3) is 0 Å². The van der Waals surface area contributed by atoms with Crippen molar-refractivity contribution in [3.63, 3.8) is 0 Å². The van der Waals surface area contributed by atoms with Gasteiger partial charge in [-0.15, -0.1) is 0 Å². The molecule has 0 aliphatic heterocycles. The van der Waals surface area contributed by atoms with Crippen LogP contribution in [0, 0.1) is 6.92 Å². The molecule has 0 bridgehead atoms. The second-order valence-corrected chi connectivity index (χ2v) is 10.3. The van der Waals surface area contributed by atoms with E-state index in [-0.39, 0.29) is 0 Å². The maximum absolute atomic E-state index is 4.56. The maximum Gasteiger partial charge on any atom is 0.116 e. The summed E-state index contributed by atoms with van der Waals surface area (Å²) in [6.07, 6.45) is 3.01. The summed E-state index contributed by atoms with van der Waals surface area (Å²) in [6, 6.07) is 37.3. The van der Waals surface area contributed by atoms with Crippen LogP contribution in [0.2, 0.25) is 0 Å². The van der Waals surface area contributed by atoms with Crippen molar-refractivity contribution in [1.82, 2.24) is 4.98 Å². The van der Waals surface area contributed by atoms with E-state index in [1.165, 1.54) is 21.5 Å². The van der Waals surface area contributed by atoms with Crippen LogP contribution in [0.4, 0.5) is 0 Å². The first-order chi connectivity index (χ1) is 13.3. The van der Waals surface area contributed by atoms with Crippen LogP contribution in [-0.2, 0) is 6.16 Å². The maximum atomic E-state index is 4.56. The van der Waals surface area contributed by atoms with Crippen LogP contribution in [0.3, 0.4) is 0 Å². The highest BCUT2D eigenvalue weighted by Crippen LogP contribution is 2.58. The first-order valence-electron chi connectivity index (χ1n) is 9.25. The van der Waals surface area contributed by atoms with Gasteiger partial charge in [-0.2, -0.15) is 0 Å². The zero-order chi connectivity index (χ0) is 18.5. The second-order valence-electron chi connectivity index (χ2n) is 6.78. The van der Waals surface area contributed by atoms with Gasteiger partial charge in [0.15, 0.2) is 0 Å². The van der Waals surface area contributed by atoms with Crippen molar-refractivity contribution in [1.29, 1.82) is 0 Å². The Bertz CT molecular complexity index is 884. The van der Waals surface area contributed by atoms with Crippen molar-refractivity contribution in [2.24, 2.45) is 0 Å². The molecule has 0 saturated heterocycles. The van der Waals surface area contributed by atoms with E-state index in [4.69, 9.17) is 0 Å². The molecular formula is C25H23NP+. The molecule has 0 N–H and O–H groups in total. The molecular weight excluding hydrogens is 345 g/mol. The summed E-state index contributed by atoms with van der Waals surface area (Å²) in [5.41, 5.74) is 2.34. The van der Waals surface area contributed by atoms with Gasteiger partial charge < -0.3 is 0 Å². The van der Waals surface area contributed by atoms with Gasteiger partial charge in [-0.25, -0.2) is 0 Å². The molecule has 2 heteroatoms. The van der Waals surface area contributed by atoms with E-state index in [9.17, 15) is 0 Å². The molecule has 0 aliphatic carbocycles. The Morgan fingerprint density at radius 1 is 0.593 bits per heavy atom. The van der Waals surface area contributed by atoms with Gasteiger partial charge in [-0.3, -0.25) is 4.98 Å². The van der Waals surface area contributed by atoms with Gasteiger partial charge in [0, 0.05) is 17.5 Å². The fourth-order valence-electron chi connectivity index (χ4n) is 3.63. The molecule has 4 rings (SSSR count). The quantitative estimate of drug-likeness (QED) is 0.457. The van der Waals surface area contributed by atoms with Gasteiger partial charge in [0.25, 0.3) is 0 Å². The van der Waals surface area contributed by atoms with Crippen molar-refractivity contribution < 1.29 is 0 Å². The smallest absolute Gasteiger partial charge is 0.116 e. The fourth-order valence-corrected chi connectivity index (χ4v) is 7.85. The Balaban J connectivity index is 1.98. The van der Waals surface area contributed by atoms with E-state index in [2.05, 4.69) is 108 Å². The highest BCUT2D eigenvalue weighted by atomic mass is 31.2. The molecule has 0 spiro atoms. The van der Waals surface area contributed by atoms with Crippen molar-refractivity contribution in [2.75, 3.05) is 0 Å². The van der Waals surface area contributed by atoms with E-state index < -0.39 is 7.26 Å². The van der Waals surface area contributed by atoms with E-state index in [1.54, 1.807) is 0 Å². The molecule has 1 heterocycles. The SMILES string of the molecule is Cc1ccc(C[P+](c2ccccc2)(c2ccccc2)c2ccccc2)cn1. The van der Waals surface area contributed by atoms with Crippen LogP contribution in [-0.4, -0.2) is 4.98 Å². The predicted molar refractivity (Wildman–Crippen MR) is 118 cm³/mol. The lowest BCUT2D eigenvalue weighted by atomic mass is 10.3. The van der Waals surface area contributed by atoms with Crippen LogP contribution in [0.15, 0.2) is 109 Å². The third-order valence-corrected chi connectivity index (χ3v) is 9.36. The summed E-state index contributed by atoms with van der Waals surface area (Å²) in [4.78, 5) is 4.56. The molecule has 1 nitrogen and oxygen atoms in total. The summed E-state index contributed by atoms with van der Waals surface area (Å²) in [5, 5.41) is 4.22. The summed E-state index contributed by atoms with van der Waals surface area (Å²) < 4.78 is 0. The molecule has 0 amide bonds. The van der Waals surface area contributed by atoms with Crippen molar-refractivity contribution in [2.45, 2.75) is 13.1 Å². The molecule has 0 atom stereocenters. The summed E-state index contributed by atoms with van der Waals surface area (Å²) >= 11 is 0. The van der Waals surface area contributed by atoms with Crippen molar-refractivity contribution in [3.05, 3.63) is 121 Å². The number of hydrogen-bond acceptors (Lipinski definition) is 1. The van der Waals surface area contributed by atoms with E-state index >= 15 is 0 Å². The van der Waals surface area contributed by atoms with Crippen LogP contribution in [0.5, 0.6) is 0 Å². The minimum Gasteiger partial charge on any atom is -0.261 e. The molecule has 132 valence electrons. The third-order valence-electron chi connectivity index (χ3n) is 4.98. The van der Waals surface area contributed by atoms with Crippen LogP contribution < -0.4 is 15.9 Å². The lowest BCUT2D eigenvalue weighted by Crippen LogP contribution is -2.32. The largest absolute Gasteiger partial charge is 0.261 e. The van der Waals surface area contributed by atoms with Crippen LogP contribution in [0.1, 0.15) is 11.3 Å². The number of aryl methyl sites for hydroxylation is 1. The molecule has 3 aromatic carbocycles. The number of pyridine rings is 1. The number of benzene rings is 3. The number of hydrogen-bond donors (Lipinski definition) is 0. The van der Waals surface area contributed by atoms with Gasteiger partial charge in [0.2, 0.25) is 0 Å². The fraction of sp³-hybridized carbons (Fsp3) is 0.0800. The summed E-state index contributed by atoms with van der Waals surface area (Å²) in [5.74, 6) is 0. The Hall–Kier alpha value is -2.76. The van der Waals surface area contributed by atoms with Crippen LogP contribution >= 0.6 is 7.26 Å². The molecule has 0 saturated carbocycles. The Morgan fingerprint density at radius 3 is 1.41 bits per heavy atom. The third kappa shape index (κ3) is 3.56. The normalized spacial score (nSPS) is 11.3. The van der Waals surface area contributed by atoms with Gasteiger partial charge in [0.1, 0.15) is 23.2 Å². The van der Waals surface area contributed by atoms with E-state index in [0.29, 0.717) is 0 Å². The highest BCUT2D eigenvalue weighted by molar-refractivity contribution is 7.95. The summed E-state index contributed by atoms with van der Waals surface area (Å²) in [7, 11) is -1.83. The number of rotatable bonds is 5. The first kappa shape index (κ1) is 17.6. The zero-order valence-electron chi connectivity index (χ0n) is 15.5. The number of nitrogens with zero attached hydrogens (tertiary/aromatic N) is 1. The minimum absolute atomic E-state index is 0.971. The molecule has 0 unspecified atom stereocenters. The Labute approximate surface area is 162 Å². The zero-order valence-corrected chi connectivity index (χ0v) is 16.4. The van der Waals surface area contributed by atoms with Crippen molar-refractivity contribution >= 4 is 23.2 Å². The van der Waals surface area contributed by atoms with Gasteiger partial charge in [-0.1, -0.05) is 60.7 Å². The lowest BCUT2D eigenvalue weighted by Gasteiger charge is -2.27. The molecule has 4 aromatic rings. The summed E-state index contributed by atoms with van der Waals surface area (Å²) in [6.45, 7) is 2.04. The molecule has 0 aliphatic rings. The first-order valence-corrected chi connectivity index (χ1v) is 11.2. The monoisotopic (exact) mass is 368 g/mol. The van der Waals surface area contributed by atoms with E-state index in [1.807, 2.05) is 13.1 Å².